The number of benzene rings is 1. The van der Waals surface area contributed by atoms with E-state index in [4.69, 9.17) is 5.73 Å². The van der Waals surface area contributed by atoms with E-state index in [1.165, 1.54) is 6.07 Å². The van der Waals surface area contributed by atoms with Gasteiger partial charge < -0.3 is 11.1 Å². The molecule has 1 heterocycles. The molecule has 0 saturated heterocycles. The highest BCUT2D eigenvalue weighted by atomic mass is 79.9. The minimum atomic E-state index is -0.464. The minimum absolute atomic E-state index is 0.134. The summed E-state index contributed by atoms with van der Waals surface area (Å²) < 4.78 is 13.7. The number of carbonyl (C=O) groups is 1. The fourth-order valence-corrected chi connectivity index (χ4v) is 2.25. The number of nitrogens with two attached hydrogens (primary N) is 1. The average Bonchev–Trinajstić information content (AvgIpc) is 2.73. The van der Waals surface area contributed by atoms with Gasteiger partial charge in [0.2, 0.25) is 10.1 Å². The van der Waals surface area contributed by atoms with Gasteiger partial charge >= 0.3 is 0 Å². The summed E-state index contributed by atoms with van der Waals surface area (Å²) in [5.74, 6) is -0.915. The lowest BCUT2D eigenvalue weighted by Gasteiger charge is -2.07. The van der Waals surface area contributed by atoms with E-state index in [-0.39, 0.29) is 10.1 Å². The fourth-order valence-electron chi connectivity index (χ4n) is 1.28. The third-order valence-corrected chi connectivity index (χ3v) is 3.51. The Labute approximate surface area is 114 Å². The number of nitrogens with zero attached hydrogens (tertiary/aromatic N) is 2. The monoisotopic (exact) mass is 330 g/mol. The number of hydrogen-bond acceptors (Lipinski definition) is 5. The van der Waals surface area contributed by atoms with Crippen molar-refractivity contribution in [3.63, 3.8) is 0 Å². The Hall–Kier alpha value is -1.54. The molecule has 0 radical (unpaired) electrons. The number of halogens is 2. The molecule has 0 atom stereocenters. The van der Waals surface area contributed by atoms with Gasteiger partial charge in [-0.1, -0.05) is 11.3 Å². The van der Waals surface area contributed by atoms with E-state index in [1.54, 1.807) is 13.0 Å². The van der Waals surface area contributed by atoms with Gasteiger partial charge in [0, 0.05) is 5.69 Å². The Morgan fingerprint density at radius 3 is 2.83 bits per heavy atom. The second-order valence-electron chi connectivity index (χ2n) is 3.48. The molecule has 1 aromatic heterocycles. The van der Waals surface area contributed by atoms with Crippen LogP contribution >= 0.6 is 27.3 Å². The summed E-state index contributed by atoms with van der Waals surface area (Å²) in [4.78, 5) is 11.8. The zero-order chi connectivity index (χ0) is 13.3. The fraction of sp³-hybridized carbons (Fsp3) is 0.100. The summed E-state index contributed by atoms with van der Waals surface area (Å²) in [6.07, 6.45) is 0. The molecule has 5 nitrogen and oxygen atoms in total. The SMILES string of the molecule is Cc1cc(Br)c(F)cc1NC(=O)c1nnc(N)s1. The maximum Gasteiger partial charge on any atom is 0.286 e. The van der Waals surface area contributed by atoms with Crippen LogP contribution in [0.1, 0.15) is 15.4 Å². The largest absolute Gasteiger partial charge is 0.374 e. The predicted molar refractivity (Wildman–Crippen MR) is 71.1 cm³/mol. The second kappa shape index (κ2) is 4.99. The number of nitrogen functional groups attached to an aromatic ring is 1. The molecule has 0 saturated carbocycles. The number of nitrogens with one attached hydrogen (secondary N) is 1. The van der Waals surface area contributed by atoms with Crippen LogP contribution in [0.15, 0.2) is 16.6 Å². The van der Waals surface area contributed by atoms with Crippen LogP contribution in [0.2, 0.25) is 0 Å². The second-order valence-corrected chi connectivity index (χ2v) is 5.34. The van der Waals surface area contributed by atoms with Crippen molar-refractivity contribution in [1.29, 1.82) is 0 Å². The maximum atomic E-state index is 13.4. The number of anilines is 2. The summed E-state index contributed by atoms with van der Waals surface area (Å²) in [7, 11) is 0. The number of aryl methyl sites for hydroxylation is 1. The van der Waals surface area contributed by atoms with Crippen molar-refractivity contribution in [3.8, 4) is 0 Å². The smallest absolute Gasteiger partial charge is 0.286 e. The predicted octanol–water partition coefficient (Wildman–Crippen LogP) is 2.58. The molecule has 0 fully saturated rings. The van der Waals surface area contributed by atoms with E-state index in [1.807, 2.05) is 0 Å². The number of rotatable bonds is 2. The van der Waals surface area contributed by atoms with Gasteiger partial charge in [0.05, 0.1) is 4.47 Å². The van der Waals surface area contributed by atoms with Crippen LogP contribution in [0.4, 0.5) is 15.2 Å². The Bertz CT molecular complexity index is 616. The van der Waals surface area contributed by atoms with Crippen molar-refractivity contribution in [2.24, 2.45) is 0 Å². The normalized spacial score (nSPS) is 10.4. The van der Waals surface area contributed by atoms with Crippen molar-refractivity contribution >= 4 is 44.0 Å². The summed E-state index contributed by atoms with van der Waals surface area (Å²) in [5.41, 5.74) is 6.50. The number of amides is 1. The van der Waals surface area contributed by atoms with Crippen molar-refractivity contribution < 1.29 is 9.18 Å². The van der Waals surface area contributed by atoms with E-state index in [9.17, 15) is 9.18 Å². The highest BCUT2D eigenvalue weighted by molar-refractivity contribution is 9.10. The van der Waals surface area contributed by atoms with Crippen molar-refractivity contribution in [3.05, 3.63) is 33.0 Å². The first-order chi connectivity index (χ1) is 8.47. The lowest BCUT2D eigenvalue weighted by molar-refractivity contribution is 0.102. The molecule has 18 heavy (non-hydrogen) atoms. The average molecular weight is 331 g/mol. The standard InChI is InChI=1S/C10H8BrFN4OS/c1-4-2-5(11)6(12)3-7(4)14-8(17)9-15-16-10(13)18-9/h2-3H,1H3,(H2,13,16)(H,14,17). The zero-order valence-electron chi connectivity index (χ0n) is 9.20. The van der Waals surface area contributed by atoms with Crippen LogP contribution in [-0.4, -0.2) is 16.1 Å². The first-order valence-electron chi connectivity index (χ1n) is 4.83. The van der Waals surface area contributed by atoms with Crippen LogP contribution in [-0.2, 0) is 0 Å². The first-order valence-corrected chi connectivity index (χ1v) is 6.44. The Kier molecular flexibility index (Phi) is 3.58. The Morgan fingerprint density at radius 1 is 1.50 bits per heavy atom. The van der Waals surface area contributed by atoms with Gasteiger partial charge in [-0.25, -0.2) is 4.39 Å². The van der Waals surface area contributed by atoms with Crippen molar-refractivity contribution in [2.45, 2.75) is 6.92 Å². The molecule has 0 aliphatic rings. The topological polar surface area (TPSA) is 80.9 Å². The van der Waals surface area contributed by atoms with Crippen LogP contribution in [0.3, 0.4) is 0 Å². The lowest BCUT2D eigenvalue weighted by atomic mass is 10.2. The van der Waals surface area contributed by atoms with Gasteiger partial charge in [-0.05, 0) is 40.5 Å². The quantitative estimate of drug-likeness (QED) is 0.886. The van der Waals surface area contributed by atoms with E-state index < -0.39 is 11.7 Å². The Morgan fingerprint density at radius 2 is 2.22 bits per heavy atom. The molecular weight excluding hydrogens is 323 g/mol. The summed E-state index contributed by atoms with van der Waals surface area (Å²) in [5, 5.41) is 10.0. The highest BCUT2D eigenvalue weighted by Gasteiger charge is 2.14. The summed E-state index contributed by atoms with van der Waals surface area (Å²) in [6.45, 7) is 1.76. The summed E-state index contributed by atoms with van der Waals surface area (Å²) in [6, 6.07) is 2.82. The Balaban J connectivity index is 2.24. The third-order valence-electron chi connectivity index (χ3n) is 2.15. The molecule has 0 aliphatic carbocycles. The minimum Gasteiger partial charge on any atom is -0.374 e. The van der Waals surface area contributed by atoms with Crippen LogP contribution in [0.5, 0.6) is 0 Å². The van der Waals surface area contributed by atoms with Gasteiger partial charge in [0.25, 0.3) is 5.91 Å². The highest BCUT2D eigenvalue weighted by Crippen LogP contribution is 2.24. The maximum absolute atomic E-state index is 13.4. The number of hydrogen-bond donors (Lipinski definition) is 2. The molecule has 0 spiro atoms. The molecule has 94 valence electrons. The van der Waals surface area contributed by atoms with Gasteiger partial charge in [-0.15, -0.1) is 10.2 Å². The molecule has 3 N–H and O–H groups in total. The van der Waals surface area contributed by atoms with E-state index in [0.29, 0.717) is 10.2 Å². The van der Waals surface area contributed by atoms with E-state index in [0.717, 1.165) is 16.9 Å². The molecule has 1 amide bonds. The first kappa shape index (κ1) is 12.9. The summed E-state index contributed by atoms with van der Waals surface area (Å²) >= 11 is 4.04. The molecule has 0 bridgehead atoms. The van der Waals surface area contributed by atoms with Gasteiger partial charge in [-0.3, -0.25) is 4.79 Å². The number of aromatic nitrogens is 2. The molecular formula is C10H8BrFN4OS. The zero-order valence-corrected chi connectivity index (χ0v) is 11.6. The lowest BCUT2D eigenvalue weighted by Crippen LogP contribution is -2.12. The van der Waals surface area contributed by atoms with Gasteiger partial charge in [0.15, 0.2) is 0 Å². The van der Waals surface area contributed by atoms with Gasteiger partial charge in [0.1, 0.15) is 5.82 Å². The van der Waals surface area contributed by atoms with Crippen LogP contribution < -0.4 is 11.1 Å². The molecule has 2 aromatic rings. The van der Waals surface area contributed by atoms with Crippen molar-refractivity contribution in [1.82, 2.24) is 10.2 Å². The number of carbonyl (C=O) groups excluding carboxylic acids is 1. The molecule has 1 aromatic carbocycles. The van der Waals surface area contributed by atoms with Crippen LogP contribution in [0, 0.1) is 12.7 Å². The van der Waals surface area contributed by atoms with Gasteiger partial charge in [-0.2, -0.15) is 0 Å². The molecule has 8 heteroatoms. The van der Waals surface area contributed by atoms with Crippen LogP contribution in [0.25, 0.3) is 0 Å². The van der Waals surface area contributed by atoms with E-state index in [2.05, 4.69) is 31.4 Å². The third kappa shape index (κ3) is 2.65. The molecule has 0 unspecified atom stereocenters. The molecule has 0 aliphatic heterocycles. The molecule has 2 rings (SSSR count). The van der Waals surface area contributed by atoms with Crippen molar-refractivity contribution in [2.75, 3.05) is 11.1 Å². The van der Waals surface area contributed by atoms with E-state index >= 15 is 0 Å².